The summed E-state index contributed by atoms with van der Waals surface area (Å²) < 4.78 is 38.4. The van der Waals surface area contributed by atoms with Crippen molar-refractivity contribution >= 4 is 5.97 Å². The van der Waals surface area contributed by atoms with Crippen LogP contribution in [0.2, 0.25) is 0 Å². The number of hydrogen-bond acceptors (Lipinski definition) is 4. The van der Waals surface area contributed by atoms with E-state index in [1.54, 1.807) is 24.3 Å². The van der Waals surface area contributed by atoms with Gasteiger partial charge in [-0.05, 0) is 48.9 Å². The fourth-order valence-electron chi connectivity index (χ4n) is 4.68. The normalized spacial score (nSPS) is 17.5. The van der Waals surface area contributed by atoms with Crippen LogP contribution in [0.5, 0.6) is 11.5 Å². The summed E-state index contributed by atoms with van der Waals surface area (Å²) in [7, 11) is 0. The van der Waals surface area contributed by atoms with Crippen LogP contribution in [0.4, 0.5) is 8.78 Å². The summed E-state index contributed by atoms with van der Waals surface area (Å²) in [6, 6.07) is 9.58. The molecular formula is C29H35F2NO3. The second-order valence-corrected chi connectivity index (χ2v) is 9.54. The number of carbonyl (C=O) groups is 1. The minimum absolute atomic E-state index is 0.234. The molecule has 0 amide bonds. The quantitative estimate of drug-likeness (QED) is 0.174. The Morgan fingerprint density at radius 1 is 0.914 bits per heavy atom. The minimum atomic E-state index is -1.07. The molecular weight excluding hydrogens is 448 g/mol. The molecule has 1 aliphatic rings. The van der Waals surface area contributed by atoms with Crippen molar-refractivity contribution in [3.05, 3.63) is 59.2 Å². The van der Waals surface area contributed by atoms with Crippen molar-refractivity contribution < 1.29 is 23.0 Å². The average Bonchev–Trinajstić information content (AvgIpc) is 2.86. The maximum absolute atomic E-state index is 13.7. The van der Waals surface area contributed by atoms with Crippen molar-refractivity contribution in [3.8, 4) is 17.6 Å². The summed E-state index contributed by atoms with van der Waals surface area (Å²) in [6.45, 7) is 2.92. The molecule has 4 nitrogen and oxygen atoms in total. The number of esters is 1. The van der Waals surface area contributed by atoms with Gasteiger partial charge in [0.2, 0.25) is 0 Å². The van der Waals surface area contributed by atoms with Crippen LogP contribution in [-0.2, 0) is 0 Å². The summed E-state index contributed by atoms with van der Waals surface area (Å²) in [5.74, 6) is -1.10. The molecule has 0 atom stereocenters. The number of nitriles is 1. The second kappa shape index (κ2) is 13.8. The number of hydrogen-bond donors (Lipinski definition) is 0. The van der Waals surface area contributed by atoms with E-state index in [9.17, 15) is 13.6 Å². The fourth-order valence-corrected chi connectivity index (χ4v) is 4.68. The van der Waals surface area contributed by atoms with E-state index in [-0.39, 0.29) is 11.3 Å². The van der Waals surface area contributed by atoms with Gasteiger partial charge in [0.05, 0.1) is 12.2 Å². The largest absolute Gasteiger partial charge is 0.493 e. The molecule has 3 rings (SSSR count). The van der Waals surface area contributed by atoms with Crippen LogP contribution in [0, 0.1) is 34.8 Å². The molecule has 2 aromatic carbocycles. The van der Waals surface area contributed by atoms with E-state index in [2.05, 4.69) is 6.92 Å². The molecule has 0 saturated heterocycles. The zero-order valence-corrected chi connectivity index (χ0v) is 20.5. The van der Waals surface area contributed by atoms with E-state index in [1.807, 2.05) is 0 Å². The highest BCUT2D eigenvalue weighted by molar-refractivity contribution is 5.91. The Hall–Kier alpha value is -2.94. The maximum Gasteiger partial charge on any atom is 0.343 e. The van der Waals surface area contributed by atoms with Crippen LogP contribution in [0.1, 0.15) is 93.5 Å². The first kappa shape index (κ1) is 26.7. The van der Waals surface area contributed by atoms with E-state index < -0.39 is 23.2 Å². The van der Waals surface area contributed by atoms with Gasteiger partial charge in [0.1, 0.15) is 34.8 Å². The lowest BCUT2D eigenvalue weighted by Gasteiger charge is -2.28. The second-order valence-electron chi connectivity index (χ2n) is 9.54. The molecule has 0 bridgehead atoms. The van der Waals surface area contributed by atoms with Crippen LogP contribution in [0.3, 0.4) is 0 Å². The first-order valence-corrected chi connectivity index (χ1v) is 12.8. The molecule has 1 fully saturated rings. The standard InChI is InChI=1S/C29H35F2NO3/c1-2-3-4-5-6-7-8-21-9-11-22(12-10-21)20-34-24-15-13-23(14-16-24)29(33)35-25-17-27(30)26(19-32)28(31)18-25/h13-18,21-22H,2-12,20H2,1H3/t21-,22-. The summed E-state index contributed by atoms with van der Waals surface area (Å²) in [5.41, 5.74) is -0.477. The molecule has 0 spiro atoms. The molecule has 2 aromatic rings. The van der Waals surface area contributed by atoms with Gasteiger partial charge in [0, 0.05) is 12.1 Å². The van der Waals surface area contributed by atoms with Gasteiger partial charge in [-0.3, -0.25) is 0 Å². The SMILES string of the molecule is CCCCCCCC[C@H]1CC[C@H](COc2ccc(C(=O)Oc3cc(F)c(C#N)c(F)c3)cc2)CC1. The van der Waals surface area contributed by atoms with Crippen molar-refractivity contribution in [2.75, 3.05) is 6.61 Å². The number of nitrogens with zero attached hydrogens (tertiary/aromatic N) is 1. The summed E-state index contributed by atoms with van der Waals surface area (Å²) in [4.78, 5) is 12.3. The van der Waals surface area contributed by atoms with E-state index in [4.69, 9.17) is 14.7 Å². The molecule has 188 valence electrons. The topological polar surface area (TPSA) is 59.3 Å². The van der Waals surface area contributed by atoms with Gasteiger partial charge >= 0.3 is 5.97 Å². The predicted octanol–water partition coefficient (Wildman–Crippen LogP) is 7.99. The Morgan fingerprint density at radius 3 is 2.14 bits per heavy atom. The van der Waals surface area contributed by atoms with Gasteiger partial charge in [-0.2, -0.15) is 5.26 Å². The molecule has 0 heterocycles. The third-order valence-electron chi connectivity index (χ3n) is 6.85. The number of carbonyl (C=O) groups excluding carboxylic acids is 1. The van der Waals surface area contributed by atoms with Crippen LogP contribution < -0.4 is 9.47 Å². The summed E-state index contributed by atoms with van der Waals surface area (Å²) in [6.07, 6.45) is 14.5. The predicted molar refractivity (Wildman–Crippen MR) is 131 cm³/mol. The van der Waals surface area contributed by atoms with Crippen LogP contribution >= 0.6 is 0 Å². The molecule has 0 N–H and O–H groups in total. The lowest BCUT2D eigenvalue weighted by Crippen LogP contribution is -2.20. The number of ether oxygens (including phenoxy) is 2. The number of rotatable bonds is 12. The molecule has 1 saturated carbocycles. The molecule has 0 aromatic heterocycles. The number of halogens is 2. The van der Waals surface area contributed by atoms with Gasteiger partial charge in [-0.25, -0.2) is 13.6 Å². The van der Waals surface area contributed by atoms with E-state index in [0.29, 0.717) is 18.3 Å². The molecule has 0 aliphatic heterocycles. The fraction of sp³-hybridized carbons (Fsp3) is 0.517. The van der Waals surface area contributed by atoms with Gasteiger partial charge in [-0.15, -0.1) is 0 Å². The Labute approximate surface area is 207 Å². The minimum Gasteiger partial charge on any atom is -0.493 e. The highest BCUT2D eigenvalue weighted by Gasteiger charge is 2.21. The Balaban J connectivity index is 1.38. The zero-order valence-electron chi connectivity index (χ0n) is 20.5. The van der Waals surface area contributed by atoms with Crippen molar-refractivity contribution in [3.63, 3.8) is 0 Å². The van der Waals surface area contributed by atoms with Crippen LogP contribution in [-0.4, -0.2) is 12.6 Å². The van der Waals surface area contributed by atoms with Crippen molar-refractivity contribution in [2.45, 2.75) is 77.6 Å². The van der Waals surface area contributed by atoms with Gasteiger partial charge < -0.3 is 9.47 Å². The number of unbranched alkanes of at least 4 members (excludes halogenated alkanes) is 5. The highest BCUT2D eigenvalue weighted by atomic mass is 19.1. The monoisotopic (exact) mass is 483 g/mol. The molecule has 35 heavy (non-hydrogen) atoms. The third-order valence-corrected chi connectivity index (χ3v) is 6.85. The van der Waals surface area contributed by atoms with E-state index in [0.717, 1.165) is 18.1 Å². The Bertz CT molecular complexity index is 969. The van der Waals surface area contributed by atoms with Crippen molar-refractivity contribution in [1.82, 2.24) is 0 Å². The first-order valence-electron chi connectivity index (χ1n) is 12.8. The van der Waals surface area contributed by atoms with Crippen molar-refractivity contribution in [1.29, 1.82) is 5.26 Å². The summed E-state index contributed by atoms with van der Waals surface area (Å²) >= 11 is 0. The lowest BCUT2D eigenvalue weighted by atomic mass is 9.80. The highest BCUT2D eigenvalue weighted by Crippen LogP contribution is 2.32. The van der Waals surface area contributed by atoms with Crippen molar-refractivity contribution in [2.24, 2.45) is 11.8 Å². The van der Waals surface area contributed by atoms with Crippen LogP contribution in [0.25, 0.3) is 0 Å². The van der Waals surface area contributed by atoms with E-state index >= 15 is 0 Å². The Kier molecular flexibility index (Phi) is 10.5. The Morgan fingerprint density at radius 2 is 1.51 bits per heavy atom. The molecule has 6 heteroatoms. The van der Waals surface area contributed by atoms with Crippen LogP contribution in [0.15, 0.2) is 36.4 Å². The smallest absolute Gasteiger partial charge is 0.343 e. The first-order chi connectivity index (χ1) is 17.0. The molecule has 1 aliphatic carbocycles. The lowest BCUT2D eigenvalue weighted by molar-refractivity contribution is 0.0734. The molecule has 0 unspecified atom stereocenters. The summed E-state index contributed by atoms with van der Waals surface area (Å²) in [5, 5.41) is 8.73. The van der Waals surface area contributed by atoms with Gasteiger partial charge in [-0.1, -0.05) is 64.7 Å². The van der Waals surface area contributed by atoms with Gasteiger partial charge in [0.15, 0.2) is 0 Å². The third kappa shape index (κ3) is 8.35. The molecule has 0 radical (unpaired) electrons. The maximum atomic E-state index is 13.7. The zero-order chi connectivity index (χ0) is 25.0. The average molecular weight is 484 g/mol. The van der Waals surface area contributed by atoms with Gasteiger partial charge in [0.25, 0.3) is 0 Å². The van der Waals surface area contributed by atoms with E-state index in [1.165, 1.54) is 76.7 Å². The number of benzene rings is 2.